The van der Waals surface area contributed by atoms with E-state index in [0.717, 1.165) is 0 Å². The maximum atomic E-state index is 11.7. The quantitative estimate of drug-likeness (QED) is 0.659. The summed E-state index contributed by atoms with van der Waals surface area (Å²) in [4.78, 5) is 12.4. The summed E-state index contributed by atoms with van der Waals surface area (Å²) in [6.45, 7) is 4.03. The molecule has 1 fully saturated rings. The van der Waals surface area contributed by atoms with Crippen LogP contribution in [0.15, 0.2) is 0 Å². The number of carbonyl (C=O) groups excluding carboxylic acids is 1. The van der Waals surface area contributed by atoms with Crippen molar-refractivity contribution in [3.63, 3.8) is 0 Å². The molecule has 1 aliphatic heterocycles. The van der Waals surface area contributed by atoms with Crippen LogP contribution in [0, 0.1) is 0 Å². The molecule has 1 heterocycles. The molecule has 0 spiro atoms. The lowest BCUT2D eigenvalue weighted by Gasteiger charge is -2.31. The standard InChI is InChI=1S/C8H13Cl2NO2/c1-8(10,6-9)7(12)11-2-4-13-5-3-11/h2-6H2,1H3. The lowest BCUT2D eigenvalue weighted by atomic mass is 10.1. The van der Waals surface area contributed by atoms with E-state index >= 15 is 0 Å². The predicted octanol–water partition coefficient (Wildman–Crippen LogP) is 1.08. The molecule has 0 bridgehead atoms. The van der Waals surface area contributed by atoms with Crippen LogP contribution in [0.4, 0.5) is 0 Å². The molecule has 1 amide bonds. The number of alkyl halides is 2. The Morgan fingerprint density at radius 1 is 1.54 bits per heavy atom. The third-order valence-electron chi connectivity index (χ3n) is 2.00. The van der Waals surface area contributed by atoms with Crippen LogP contribution < -0.4 is 0 Å². The molecule has 0 aliphatic carbocycles. The van der Waals surface area contributed by atoms with Gasteiger partial charge in [-0.2, -0.15) is 0 Å². The zero-order chi connectivity index (χ0) is 9.90. The highest BCUT2D eigenvalue weighted by Gasteiger charge is 2.34. The van der Waals surface area contributed by atoms with E-state index in [1.54, 1.807) is 11.8 Å². The van der Waals surface area contributed by atoms with E-state index in [1.807, 2.05) is 0 Å². The fraction of sp³-hybridized carbons (Fsp3) is 0.875. The highest BCUT2D eigenvalue weighted by molar-refractivity contribution is 6.39. The number of morpholine rings is 1. The van der Waals surface area contributed by atoms with Gasteiger partial charge in [-0.15, -0.1) is 23.2 Å². The molecule has 13 heavy (non-hydrogen) atoms. The largest absolute Gasteiger partial charge is 0.378 e. The van der Waals surface area contributed by atoms with Gasteiger partial charge in [0.05, 0.1) is 19.1 Å². The second-order valence-corrected chi connectivity index (χ2v) is 4.34. The van der Waals surface area contributed by atoms with Gasteiger partial charge in [-0.3, -0.25) is 4.79 Å². The van der Waals surface area contributed by atoms with Gasteiger partial charge in [0.25, 0.3) is 0 Å². The monoisotopic (exact) mass is 225 g/mol. The Labute approximate surface area is 87.9 Å². The van der Waals surface area contributed by atoms with Crippen molar-refractivity contribution in [1.29, 1.82) is 0 Å². The van der Waals surface area contributed by atoms with E-state index in [-0.39, 0.29) is 11.8 Å². The SMILES string of the molecule is CC(Cl)(CCl)C(=O)N1CCOCC1. The van der Waals surface area contributed by atoms with Gasteiger partial charge < -0.3 is 9.64 Å². The number of carbonyl (C=O) groups is 1. The average Bonchev–Trinajstić information content (AvgIpc) is 2.18. The van der Waals surface area contributed by atoms with Crippen LogP contribution in [0.1, 0.15) is 6.92 Å². The van der Waals surface area contributed by atoms with Crippen LogP contribution in [-0.2, 0) is 9.53 Å². The van der Waals surface area contributed by atoms with Gasteiger partial charge in [-0.1, -0.05) is 0 Å². The second-order valence-electron chi connectivity index (χ2n) is 3.24. The minimum Gasteiger partial charge on any atom is -0.378 e. The van der Waals surface area contributed by atoms with E-state index in [2.05, 4.69) is 0 Å². The zero-order valence-corrected chi connectivity index (χ0v) is 9.07. The molecule has 1 atom stereocenters. The number of rotatable bonds is 2. The van der Waals surface area contributed by atoms with Gasteiger partial charge in [0.15, 0.2) is 0 Å². The average molecular weight is 226 g/mol. The Balaban J connectivity index is 2.55. The first-order valence-electron chi connectivity index (χ1n) is 4.20. The lowest BCUT2D eigenvalue weighted by molar-refractivity contribution is -0.137. The van der Waals surface area contributed by atoms with Crippen molar-refractivity contribution in [3.8, 4) is 0 Å². The summed E-state index contributed by atoms with van der Waals surface area (Å²) in [6.07, 6.45) is 0. The van der Waals surface area contributed by atoms with Crippen molar-refractivity contribution >= 4 is 29.1 Å². The van der Waals surface area contributed by atoms with Gasteiger partial charge in [0.1, 0.15) is 4.87 Å². The molecule has 0 aromatic carbocycles. The number of hydrogen-bond donors (Lipinski definition) is 0. The van der Waals surface area contributed by atoms with Crippen molar-refractivity contribution < 1.29 is 9.53 Å². The molecule has 3 nitrogen and oxygen atoms in total. The van der Waals surface area contributed by atoms with E-state index in [9.17, 15) is 4.79 Å². The van der Waals surface area contributed by atoms with Crippen LogP contribution in [0.2, 0.25) is 0 Å². The molecule has 1 aliphatic rings. The van der Waals surface area contributed by atoms with Crippen LogP contribution in [0.25, 0.3) is 0 Å². The molecular formula is C8H13Cl2NO2. The molecule has 0 saturated carbocycles. The molecular weight excluding hydrogens is 213 g/mol. The fourth-order valence-electron chi connectivity index (χ4n) is 1.15. The van der Waals surface area contributed by atoms with Crippen molar-refractivity contribution in [2.24, 2.45) is 0 Å². The first-order chi connectivity index (χ1) is 6.08. The number of ether oxygens (including phenoxy) is 1. The Bertz CT molecular complexity index is 191. The number of halogens is 2. The number of nitrogens with zero attached hydrogens (tertiary/aromatic N) is 1. The molecule has 1 saturated heterocycles. The van der Waals surface area contributed by atoms with Crippen molar-refractivity contribution in [3.05, 3.63) is 0 Å². The summed E-state index contributed by atoms with van der Waals surface area (Å²) in [6, 6.07) is 0. The minimum atomic E-state index is -0.973. The second kappa shape index (κ2) is 4.49. The highest BCUT2D eigenvalue weighted by atomic mass is 35.5. The first-order valence-corrected chi connectivity index (χ1v) is 5.11. The Morgan fingerprint density at radius 2 is 2.08 bits per heavy atom. The van der Waals surface area contributed by atoms with E-state index in [0.29, 0.717) is 26.3 Å². The first kappa shape index (κ1) is 11.1. The molecule has 0 aromatic rings. The molecule has 1 unspecified atom stereocenters. The Morgan fingerprint density at radius 3 is 2.54 bits per heavy atom. The summed E-state index contributed by atoms with van der Waals surface area (Å²) >= 11 is 11.5. The topological polar surface area (TPSA) is 29.5 Å². The highest BCUT2D eigenvalue weighted by Crippen LogP contribution is 2.20. The summed E-state index contributed by atoms with van der Waals surface area (Å²) < 4.78 is 5.13. The molecule has 0 N–H and O–H groups in total. The third-order valence-corrected chi connectivity index (χ3v) is 2.96. The molecule has 5 heteroatoms. The van der Waals surface area contributed by atoms with Crippen LogP contribution >= 0.6 is 23.2 Å². The van der Waals surface area contributed by atoms with Crippen LogP contribution in [0.5, 0.6) is 0 Å². The summed E-state index contributed by atoms with van der Waals surface area (Å²) in [5, 5.41) is 0. The van der Waals surface area contributed by atoms with Gasteiger partial charge in [0.2, 0.25) is 5.91 Å². The van der Waals surface area contributed by atoms with Crippen molar-refractivity contribution in [1.82, 2.24) is 4.90 Å². The summed E-state index contributed by atoms with van der Waals surface area (Å²) in [5.41, 5.74) is 0. The smallest absolute Gasteiger partial charge is 0.244 e. The number of amides is 1. The third kappa shape index (κ3) is 2.73. The lowest BCUT2D eigenvalue weighted by Crippen LogP contribution is -2.49. The van der Waals surface area contributed by atoms with Crippen molar-refractivity contribution in [2.75, 3.05) is 32.2 Å². The van der Waals surface area contributed by atoms with E-state index in [4.69, 9.17) is 27.9 Å². The molecule has 1 rings (SSSR count). The summed E-state index contributed by atoms with van der Waals surface area (Å²) in [7, 11) is 0. The molecule has 76 valence electrons. The van der Waals surface area contributed by atoms with Crippen LogP contribution in [0.3, 0.4) is 0 Å². The minimum absolute atomic E-state index is 0.104. The van der Waals surface area contributed by atoms with Gasteiger partial charge in [-0.05, 0) is 6.92 Å². The van der Waals surface area contributed by atoms with E-state index in [1.165, 1.54) is 0 Å². The van der Waals surface area contributed by atoms with Gasteiger partial charge >= 0.3 is 0 Å². The maximum Gasteiger partial charge on any atom is 0.244 e. The summed E-state index contributed by atoms with van der Waals surface area (Å²) in [5.74, 6) is 0.0255. The van der Waals surface area contributed by atoms with Gasteiger partial charge in [0, 0.05) is 13.1 Å². The molecule has 0 aromatic heterocycles. The zero-order valence-electron chi connectivity index (χ0n) is 7.56. The van der Waals surface area contributed by atoms with Gasteiger partial charge in [-0.25, -0.2) is 0 Å². The Kier molecular flexibility index (Phi) is 3.83. The number of hydrogen-bond acceptors (Lipinski definition) is 2. The Hall–Kier alpha value is 0.01000. The van der Waals surface area contributed by atoms with E-state index < -0.39 is 4.87 Å². The fourth-order valence-corrected chi connectivity index (χ4v) is 1.39. The predicted molar refractivity (Wildman–Crippen MR) is 52.4 cm³/mol. The van der Waals surface area contributed by atoms with Crippen LogP contribution in [-0.4, -0.2) is 47.9 Å². The van der Waals surface area contributed by atoms with Crippen molar-refractivity contribution in [2.45, 2.75) is 11.8 Å². The molecule has 0 radical (unpaired) electrons. The maximum absolute atomic E-state index is 11.7. The normalized spacial score (nSPS) is 22.5.